The summed E-state index contributed by atoms with van der Waals surface area (Å²) in [7, 11) is 0. The van der Waals surface area contributed by atoms with Crippen molar-refractivity contribution < 1.29 is 22.4 Å². The summed E-state index contributed by atoms with van der Waals surface area (Å²) in [6.45, 7) is 2.21. The second-order valence-corrected chi connectivity index (χ2v) is 5.06. The number of nitrogens with one attached hydrogen (secondary N) is 1. The Hall–Kier alpha value is -1.86. The molecule has 0 aliphatic carbocycles. The number of carbonyl (C=O) groups excluding carboxylic acids is 1. The first-order valence-corrected chi connectivity index (χ1v) is 6.59. The smallest absolute Gasteiger partial charge is 0.253 e. The minimum Gasteiger partial charge on any atom is -0.366 e. The molecule has 4 nitrogen and oxygen atoms in total. The number of anilines is 1. The highest BCUT2D eigenvalue weighted by Gasteiger charge is 2.29. The van der Waals surface area contributed by atoms with Gasteiger partial charge in [0.25, 0.3) is 11.9 Å². The van der Waals surface area contributed by atoms with E-state index in [9.17, 15) is 22.4 Å². The van der Waals surface area contributed by atoms with E-state index in [0.717, 1.165) is 6.42 Å². The molecule has 2 heterocycles. The van der Waals surface area contributed by atoms with E-state index >= 15 is 0 Å². The van der Waals surface area contributed by atoms with Crippen molar-refractivity contribution in [3.63, 3.8) is 0 Å². The van der Waals surface area contributed by atoms with Crippen molar-refractivity contribution in [2.75, 3.05) is 24.5 Å². The van der Waals surface area contributed by atoms with Gasteiger partial charge < -0.3 is 10.2 Å². The average molecular weight is 305 g/mol. The lowest BCUT2D eigenvalue weighted by atomic mass is 9.97. The van der Waals surface area contributed by atoms with Crippen LogP contribution in [0.3, 0.4) is 0 Å². The molecule has 2 rings (SSSR count). The predicted molar refractivity (Wildman–Crippen MR) is 67.7 cm³/mol. The standard InChI is InChI=1S/C13H15F4N3O/c1-7(21)18-5-8-3-2-4-20(6-8)11-9(14)12(16)19-13(17)10(11)15/h8H,2-6H2,1H3,(H,18,21). The summed E-state index contributed by atoms with van der Waals surface area (Å²) >= 11 is 0. The fourth-order valence-electron chi connectivity index (χ4n) is 2.48. The first-order valence-electron chi connectivity index (χ1n) is 6.59. The van der Waals surface area contributed by atoms with E-state index in [1.807, 2.05) is 0 Å². The number of pyridine rings is 1. The van der Waals surface area contributed by atoms with Gasteiger partial charge in [-0.05, 0) is 18.8 Å². The van der Waals surface area contributed by atoms with Gasteiger partial charge >= 0.3 is 0 Å². The summed E-state index contributed by atoms with van der Waals surface area (Å²) in [5, 5.41) is 2.63. The molecule has 1 aliphatic heterocycles. The number of rotatable bonds is 3. The molecule has 1 aliphatic rings. The Bertz CT molecular complexity index is 526. The molecule has 1 N–H and O–H groups in total. The summed E-state index contributed by atoms with van der Waals surface area (Å²) in [4.78, 5) is 14.7. The molecule has 1 aromatic rings. The van der Waals surface area contributed by atoms with Crippen LogP contribution < -0.4 is 10.2 Å². The highest BCUT2D eigenvalue weighted by Crippen LogP contribution is 2.29. The number of carbonyl (C=O) groups is 1. The second kappa shape index (κ2) is 6.28. The molecule has 21 heavy (non-hydrogen) atoms. The number of piperidine rings is 1. The van der Waals surface area contributed by atoms with Crippen LogP contribution in [-0.4, -0.2) is 30.5 Å². The molecule has 0 bridgehead atoms. The van der Waals surface area contributed by atoms with Gasteiger partial charge in [0.15, 0.2) is 0 Å². The van der Waals surface area contributed by atoms with E-state index in [1.165, 1.54) is 11.8 Å². The van der Waals surface area contributed by atoms with Crippen molar-refractivity contribution >= 4 is 11.6 Å². The first kappa shape index (κ1) is 15.5. The normalized spacial score (nSPS) is 18.7. The van der Waals surface area contributed by atoms with Crippen molar-refractivity contribution in [3.05, 3.63) is 23.5 Å². The van der Waals surface area contributed by atoms with Crippen molar-refractivity contribution in [2.45, 2.75) is 19.8 Å². The maximum Gasteiger partial charge on any atom is 0.253 e. The lowest BCUT2D eigenvalue weighted by Crippen LogP contribution is -2.41. The number of hydrogen-bond acceptors (Lipinski definition) is 3. The third-order valence-corrected chi connectivity index (χ3v) is 3.45. The van der Waals surface area contributed by atoms with E-state index in [2.05, 4.69) is 10.3 Å². The fourth-order valence-corrected chi connectivity index (χ4v) is 2.48. The highest BCUT2D eigenvalue weighted by molar-refractivity contribution is 5.72. The Morgan fingerprint density at radius 2 is 1.90 bits per heavy atom. The van der Waals surface area contributed by atoms with Gasteiger partial charge in [-0.1, -0.05) is 0 Å². The highest BCUT2D eigenvalue weighted by atomic mass is 19.2. The van der Waals surface area contributed by atoms with Gasteiger partial charge in [-0.15, -0.1) is 0 Å². The molecule has 1 aromatic heterocycles. The third-order valence-electron chi connectivity index (χ3n) is 3.45. The number of amides is 1. The summed E-state index contributed by atoms with van der Waals surface area (Å²) < 4.78 is 53.7. The zero-order valence-corrected chi connectivity index (χ0v) is 11.4. The van der Waals surface area contributed by atoms with Crippen LogP contribution in [0, 0.1) is 29.4 Å². The van der Waals surface area contributed by atoms with Gasteiger partial charge in [0, 0.05) is 26.6 Å². The molecule has 0 spiro atoms. The molecular formula is C13H15F4N3O. The zero-order valence-electron chi connectivity index (χ0n) is 11.4. The van der Waals surface area contributed by atoms with Crippen LogP contribution in [-0.2, 0) is 4.79 Å². The molecule has 1 saturated heterocycles. The topological polar surface area (TPSA) is 45.2 Å². The van der Waals surface area contributed by atoms with E-state index in [0.29, 0.717) is 13.0 Å². The van der Waals surface area contributed by atoms with Gasteiger partial charge in [-0.3, -0.25) is 4.79 Å². The molecule has 1 atom stereocenters. The Morgan fingerprint density at radius 1 is 1.29 bits per heavy atom. The average Bonchev–Trinajstić information content (AvgIpc) is 2.44. The molecular weight excluding hydrogens is 290 g/mol. The van der Waals surface area contributed by atoms with Crippen LogP contribution in [0.4, 0.5) is 23.2 Å². The summed E-state index contributed by atoms with van der Waals surface area (Å²) in [5.41, 5.74) is -0.729. The number of hydrogen-bond donors (Lipinski definition) is 1. The van der Waals surface area contributed by atoms with Crippen LogP contribution in [0.2, 0.25) is 0 Å². The number of nitrogens with zero attached hydrogens (tertiary/aromatic N) is 2. The van der Waals surface area contributed by atoms with Gasteiger partial charge in [0.05, 0.1) is 0 Å². The fraction of sp³-hybridized carbons (Fsp3) is 0.538. The van der Waals surface area contributed by atoms with Crippen molar-refractivity contribution in [1.82, 2.24) is 10.3 Å². The lowest BCUT2D eigenvalue weighted by Gasteiger charge is -2.34. The summed E-state index contributed by atoms with van der Waals surface area (Å²) in [6, 6.07) is 0. The van der Waals surface area contributed by atoms with Gasteiger partial charge in [-0.25, -0.2) is 0 Å². The van der Waals surface area contributed by atoms with Crippen molar-refractivity contribution in [3.8, 4) is 0 Å². The van der Waals surface area contributed by atoms with E-state index in [1.54, 1.807) is 0 Å². The molecule has 1 fully saturated rings. The van der Waals surface area contributed by atoms with Gasteiger partial charge in [0.1, 0.15) is 5.69 Å². The van der Waals surface area contributed by atoms with Crippen molar-refractivity contribution in [2.24, 2.45) is 5.92 Å². The van der Waals surface area contributed by atoms with E-state index in [-0.39, 0.29) is 24.9 Å². The van der Waals surface area contributed by atoms with Crippen LogP contribution >= 0.6 is 0 Å². The van der Waals surface area contributed by atoms with Crippen LogP contribution in [0.25, 0.3) is 0 Å². The van der Waals surface area contributed by atoms with Gasteiger partial charge in [0.2, 0.25) is 17.5 Å². The Balaban J connectivity index is 2.20. The monoisotopic (exact) mass is 305 g/mol. The van der Waals surface area contributed by atoms with Crippen LogP contribution in [0.1, 0.15) is 19.8 Å². The number of halogens is 4. The quantitative estimate of drug-likeness (QED) is 0.686. The second-order valence-electron chi connectivity index (χ2n) is 5.06. The molecule has 0 saturated carbocycles. The maximum atomic E-state index is 13.7. The number of aromatic nitrogens is 1. The van der Waals surface area contributed by atoms with Crippen LogP contribution in [0.15, 0.2) is 0 Å². The molecule has 1 unspecified atom stereocenters. The molecule has 116 valence electrons. The third kappa shape index (κ3) is 3.43. The molecule has 8 heteroatoms. The van der Waals surface area contributed by atoms with Crippen molar-refractivity contribution in [1.29, 1.82) is 0 Å². The SMILES string of the molecule is CC(=O)NCC1CCCN(c2c(F)c(F)nc(F)c2F)C1. The summed E-state index contributed by atoms with van der Waals surface area (Å²) in [6.07, 6.45) is 1.37. The molecule has 0 radical (unpaired) electrons. The van der Waals surface area contributed by atoms with Gasteiger partial charge in [-0.2, -0.15) is 22.5 Å². The molecule has 0 aromatic carbocycles. The Morgan fingerprint density at radius 3 is 2.48 bits per heavy atom. The summed E-state index contributed by atoms with van der Waals surface area (Å²) in [5.74, 6) is -6.55. The maximum absolute atomic E-state index is 13.7. The molecule has 1 amide bonds. The predicted octanol–water partition coefficient (Wildman–Crippen LogP) is 1.99. The largest absolute Gasteiger partial charge is 0.366 e. The minimum absolute atomic E-state index is 0.0410. The van der Waals surface area contributed by atoms with E-state index in [4.69, 9.17) is 0 Å². The Labute approximate surface area is 119 Å². The Kier molecular flexibility index (Phi) is 4.64. The first-order chi connectivity index (χ1) is 9.90. The lowest BCUT2D eigenvalue weighted by molar-refractivity contribution is -0.119. The zero-order chi connectivity index (χ0) is 15.6. The van der Waals surface area contributed by atoms with Crippen LogP contribution in [0.5, 0.6) is 0 Å². The van der Waals surface area contributed by atoms with E-state index < -0.39 is 29.2 Å². The minimum atomic E-state index is -1.66.